The first-order valence-corrected chi connectivity index (χ1v) is 14.1. The van der Waals surface area contributed by atoms with E-state index in [4.69, 9.17) is 10.5 Å². The average molecular weight is 547 g/mol. The van der Waals surface area contributed by atoms with Crippen LogP contribution in [0.1, 0.15) is 42.9 Å². The van der Waals surface area contributed by atoms with Gasteiger partial charge in [0, 0.05) is 30.4 Å². The van der Waals surface area contributed by atoms with E-state index in [9.17, 15) is 4.79 Å². The molecular weight excluding hydrogens is 512 g/mol. The first kappa shape index (κ1) is 26.4. The van der Waals surface area contributed by atoms with E-state index in [1.165, 1.54) is 6.33 Å². The lowest BCUT2D eigenvalue weighted by Gasteiger charge is -2.30. The molecule has 8 heteroatoms. The highest BCUT2D eigenvalue weighted by Gasteiger charge is 2.26. The molecule has 2 heterocycles. The minimum atomic E-state index is -0.124. The van der Waals surface area contributed by atoms with Gasteiger partial charge in [0.15, 0.2) is 0 Å². The Balaban J connectivity index is 1.15. The fraction of sp³-hybridized carbons (Fsp3) is 0.242. The number of rotatable bonds is 8. The van der Waals surface area contributed by atoms with Crippen molar-refractivity contribution in [3.05, 3.63) is 109 Å². The zero-order chi connectivity index (χ0) is 28.0. The number of benzene rings is 3. The summed E-state index contributed by atoms with van der Waals surface area (Å²) in [5.41, 5.74) is 11.4. The smallest absolute Gasteiger partial charge is 0.315 e. The van der Waals surface area contributed by atoms with Gasteiger partial charge < -0.3 is 25.7 Å². The van der Waals surface area contributed by atoms with E-state index < -0.39 is 0 Å². The quantitative estimate of drug-likeness (QED) is 0.213. The molecule has 41 heavy (non-hydrogen) atoms. The van der Waals surface area contributed by atoms with Crippen LogP contribution < -0.4 is 21.1 Å². The molecule has 6 rings (SSSR count). The molecule has 0 aliphatic heterocycles. The maximum absolute atomic E-state index is 12.5. The Kier molecular flexibility index (Phi) is 7.80. The van der Waals surface area contributed by atoms with Crippen LogP contribution >= 0.6 is 0 Å². The number of aromatic nitrogens is 3. The maximum Gasteiger partial charge on any atom is 0.315 e. The Morgan fingerprint density at radius 3 is 2.39 bits per heavy atom. The maximum atomic E-state index is 12.5. The van der Waals surface area contributed by atoms with E-state index >= 15 is 0 Å². The number of nitrogens with one attached hydrogen (secondary N) is 2. The minimum Gasteiger partial charge on any atom is -0.489 e. The highest BCUT2D eigenvalue weighted by atomic mass is 16.5. The summed E-state index contributed by atoms with van der Waals surface area (Å²) in [4.78, 5) is 21.4. The van der Waals surface area contributed by atoms with Crippen molar-refractivity contribution in [1.82, 2.24) is 25.2 Å². The van der Waals surface area contributed by atoms with Gasteiger partial charge in [0.1, 0.15) is 30.1 Å². The predicted molar refractivity (Wildman–Crippen MR) is 161 cm³/mol. The molecule has 8 nitrogen and oxygen atoms in total. The van der Waals surface area contributed by atoms with Crippen molar-refractivity contribution < 1.29 is 9.53 Å². The second-order valence-corrected chi connectivity index (χ2v) is 10.5. The van der Waals surface area contributed by atoms with Crippen molar-refractivity contribution in [2.45, 2.75) is 50.9 Å². The number of carbonyl (C=O) groups is 1. The summed E-state index contributed by atoms with van der Waals surface area (Å²) in [7, 11) is 0. The predicted octanol–water partition coefficient (Wildman–Crippen LogP) is 6.24. The Labute approximate surface area is 239 Å². The van der Waals surface area contributed by atoms with Crippen LogP contribution in [0.5, 0.6) is 5.75 Å². The van der Waals surface area contributed by atoms with Gasteiger partial charge in [-0.2, -0.15) is 0 Å². The normalized spacial score (nSPS) is 16.8. The number of anilines is 1. The number of ether oxygens (including phenoxy) is 1. The molecular formula is C33H34N6O2. The number of urea groups is 1. The number of hydrogen-bond acceptors (Lipinski definition) is 5. The zero-order valence-corrected chi connectivity index (χ0v) is 22.9. The lowest BCUT2D eigenvalue weighted by Crippen LogP contribution is -2.43. The Morgan fingerprint density at radius 1 is 0.902 bits per heavy atom. The molecule has 208 valence electrons. The third-order valence-corrected chi connectivity index (χ3v) is 7.75. The summed E-state index contributed by atoms with van der Waals surface area (Å²) in [6.45, 7) is 1.01. The van der Waals surface area contributed by atoms with E-state index in [1.54, 1.807) is 0 Å². The molecule has 1 saturated carbocycles. The fourth-order valence-corrected chi connectivity index (χ4v) is 5.61. The molecule has 1 aliphatic carbocycles. The lowest BCUT2D eigenvalue weighted by atomic mass is 9.91. The van der Waals surface area contributed by atoms with Gasteiger partial charge in [-0.05, 0) is 54.5 Å². The second kappa shape index (κ2) is 12.1. The zero-order valence-electron chi connectivity index (χ0n) is 22.9. The Morgan fingerprint density at radius 2 is 1.63 bits per heavy atom. The molecule has 1 aliphatic rings. The molecule has 1 fully saturated rings. The lowest BCUT2D eigenvalue weighted by molar-refractivity contribution is 0.227. The van der Waals surface area contributed by atoms with Crippen molar-refractivity contribution in [3.63, 3.8) is 0 Å². The summed E-state index contributed by atoms with van der Waals surface area (Å²) in [6, 6.07) is 28.4. The molecule has 4 N–H and O–H groups in total. The average Bonchev–Trinajstić information content (AvgIpc) is 3.42. The summed E-state index contributed by atoms with van der Waals surface area (Å²) >= 11 is 0. The fourth-order valence-electron chi connectivity index (χ4n) is 5.61. The molecule has 0 spiro atoms. The Hall–Kier alpha value is -4.85. The van der Waals surface area contributed by atoms with Gasteiger partial charge in [0.25, 0.3) is 0 Å². The van der Waals surface area contributed by atoms with Gasteiger partial charge in [-0.3, -0.25) is 0 Å². The third kappa shape index (κ3) is 6.17. The number of nitrogen functional groups attached to an aromatic ring is 1. The van der Waals surface area contributed by atoms with Crippen molar-refractivity contribution in [2.24, 2.45) is 0 Å². The number of carbonyl (C=O) groups excluding carboxylic acids is 1. The van der Waals surface area contributed by atoms with Crippen LogP contribution in [0, 0.1) is 0 Å². The number of amides is 2. The van der Waals surface area contributed by atoms with E-state index in [1.807, 2.05) is 66.7 Å². The van der Waals surface area contributed by atoms with Gasteiger partial charge in [-0.25, -0.2) is 14.8 Å². The number of fused-ring (bicyclic) bond motifs is 1. The van der Waals surface area contributed by atoms with Gasteiger partial charge in [-0.15, -0.1) is 0 Å². The first-order chi connectivity index (χ1) is 20.1. The summed E-state index contributed by atoms with van der Waals surface area (Å²) in [5, 5.41) is 6.97. The SMILES string of the molecule is Nc1ncnc2c1c(-c1cccc(OCc3ccccc3)c1)cn2[C@H]1CC[C@@H](NC(=O)NCc2ccccc2)CC1. The van der Waals surface area contributed by atoms with Crippen LogP contribution in [0.4, 0.5) is 10.6 Å². The molecule has 0 saturated heterocycles. The van der Waals surface area contributed by atoms with E-state index in [2.05, 4.69) is 49.6 Å². The molecule has 5 aromatic rings. The largest absolute Gasteiger partial charge is 0.489 e. The van der Waals surface area contributed by atoms with Crippen LogP contribution in [0.25, 0.3) is 22.2 Å². The monoisotopic (exact) mass is 546 g/mol. The molecule has 2 aromatic heterocycles. The summed E-state index contributed by atoms with van der Waals surface area (Å²) in [5.74, 6) is 1.25. The van der Waals surface area contributed by atoms with Gasteiger partial charge >= 0.3 is 6.03 Å². The van der Waals surface area contributed by atoms with Crippen molar-refractivity contribution in [3.8, 4) is 16.9 Å². The molecule has 0 bridgehead atoms. The van der Waals surface area contributed by atoms with Crippen LogP contribution in [0.15, 0.2) is 97.5 Å². The topological polar surface area (TPSA) is 107 Å². The third-order valence-electron chi connectivity index (χ3n) is 7.75. The van der Waals surface area contributed by atoms with Gasteiger partial charge in [-0.1, -0.05) is 72.8 Å². The minimum absolute atomic E-state index is 0.124. The van der Waals surface area contributed by atoms with Crippen LogP contribution in [-0.2, 0) is 13.2 Å². The molecule has 0 radical (unpaired) electrons. The highest BCUT2D eigenvalue weighted by Crippen LogP contribution is 2.38. The van der Waals surface area contributed by atoms with E-state index in [0.717, 1.165) is 64.7 Å². The van der Waals surface area contributed by atoms with Crippen molar-refractivity contribution in [2.75, 3.05) is 5.73 Å². The second-order valence-electron chi connectivity index (χ2n) is 10.5. The van der Waals surface area contributed by atoms with Gasteiger partial charge in [0.05, 0.1) is 5.39 Å². The van der Waals surface area contributed by atoms with Crippen LogP contribution in [-0.4, -0.2) is 26.6 Å². The summed E-state index contributed by atoms with van der Waals surface area (Å²) < 4.78 is 8.34. The number of nitrogens with two attached hydrogens (primary N) is 1. The highest BCUT2D eigenvalue weighted by molar-refractivity contribution is 6.00. The van der Waals surface area contributed by atoms with E-state index in [0.29, 0.717) is 19.0 Å². The summed E-state index contributed by atoms with van der Waals surface area (Å²) in [6.07, 6.45) is 7.32. The van der Waals surface area contributed by atoms with E-state index in [-0.39, 0.29) is 18.1 Å². The molecule has 0 unspecified atom stereocenters. The molecule has 2 amide bonds. The van der Waals surface area contributed by atoms with Crippen LogP contribution in [0.2, 0.25) is 0 Å². The van der Waals surface area contributed by atoms with Crippen molar-refractivity contribution >= 4 is 22.9 Å². The van der Waals surface area contributed by atoms with Crippen molar-refractivity contribution in [1.29, 1.82) is 0 Å². The number of nitrogens with zero attached hydrogens (tertiary/aromatic N) is 3. The number of hydrogen-bond donors (Lipinski definition) is 3. The van der Waals surface area contributed by atoms with Crippen LogP contribution in [0.3, 0.4) is 0 Å². The van der Waals surface area contributed by atoms with Gasteiger partial charge in [0.2, 0.25) is 0 Å². The molecule has 0 atom stereocenters. The standard InChI is InChI=1S/C33H34N6O2/c34-31-30-29(25-12-7-13-28(18-25)41-21-24-10-5-2-6-11-24)20-39(32(30)37-22-36-31)27-16-14-26(15-17-27)38-33(40)35-19-23-8-3-1-4-9-23/h1-13,18,20,22,26-27H,14-17,19,21H2,(H2,34,36,37)(H2,35,38,40)/t26-,27+. The molecule has 3 aromatic carbocycles. The Bertz CT molecular complexity index is 1610. The first-order valence-electron chi connectivity index (χ1n) is 14.1.